The minimum absolute atomic E-state index is 0.144. The van der Waals surface area contributed by atoms with Gasteiger partial charge in [0.15, 0.2) is 9.84 Å². The molecule has 1 unspecified atom stereocenters. The van der Waals surface area contributed by atoms with E-state index in [1.54, 1.807) is 24.3 Å². The number of nitrogens with zero attached hydrogens (tertiary/aromatic N) is 1. The Morgan fingerprint density at radius 1 is 1.24 bits per heavy atom. The summed E-state index contributed by atoms with van der Waals surface area (Å²) < 4.78 is 37.0. The van der Waals surface area contributed by atoms with Gasteiger partial charge in [0.25, 0.3) is 0 Å². The highest BCUT2D eigenvalue weighted by molar-refractivity contribution is 7.90. The standard InChI is InChI=1S/C15H17FN2O2S/c1-11(10-12-6-3-4-7-13(12)16)18-15-14(21(2,19)20)8-5-9-17-15/h3-9,11H,10H2,1-2H3,(H,17,18). The number of pyridine rings is 1. The minimum atomic E-state index is -3.36. The zero-order valence-electron chi connectivity index (χ0n) is 11.9. The molecule has 0 spiro atoms. The maximum Gasteiger partial charge on any atom is 0.179 e. The van der Waals surface area contributed by atoms with Crippen molar-refractivity contribution in [2.75, 3.05) is 11.6 Å². The Morgan fingerprint density at radius 2 is 1.95 bits per heavy atom. The molecule has 1 atom stereocenters. The van der Waals surface area contributed by atoms with E-state index in [1.807, 2.05) is 6.92 Å². The van der Waals surface area contributed by atoms with Crippen LogP contribution in [0.25, 0.3) is 0 Å². The predicted molar refractivity (Wildman–Crippen MR) is 80.5 cm³/mol. The van der Waals surface area contributed by atoms with Crippen LogP contribution in [0.15, 0.2) is 47.5 Å². The number of hydrogen-bond acceptors (Lipinski definition) is 4. The van der Waals surface area contributed by atoms with Crippen LogP contribution < -0.4 is 5.32 Å². The Hall–Kier alpha value is -1.95. The monoisotopic (exact) mass is 308 g/mol. The third-order valence-corrected chi connectivity index (χ3v) is 4.17. The first-order valence-electron chi connectivity index (χ1n) is 6.53. The number of benzene rings is 1. The van der Waals surface area contributed by atoms with Crippen LogP contribution in [0.2, 0.25) is 0 Å². The zero-order valence-corrected chi connectivity index (χ0v) is 12.7. The van der Waals surface area contributed by atoms with Crippen LogP contribution in [0, 0.1) is 5.82 Å². The van der Waals surface area contributed by atoms with Gasteiger partial charge in [0.05, 0.1) is 0 Å². The first kappa shape index (κ1) is 15.4. The Labute approximate surface area is 124 Å². The normalized spacial score (nSPS) is 12.9. The number of halogens is 1. The maximum absolute atomic E-state index is 13.6. The summed E-state index contributed by atoms with van der Waals surface area (Å²) in [6, 6.07) is 9.44. The molecule has 1 aromatic heterocycles. The molecule has 6 heteroatoms. The van der Waals surface area contributed by atoms with E-state index in [2.05, 4.69) is 10.3 Å². The number of sulfone groups is 1. The number of nitrogens with one attached hydrogen (secondary N) is 1. The molecule has 2 rings (SSSR count). The molecule has 0 aliphatic carbocycles. The molecule has 21 heavy (non-hydrogen) atoms. The molecule has 0 radical (unpaired) electrons. The fourth-order valence-electron chi connectivity index (χ4n) is 2.08. The molecule has 1 N–H and O–H groups in total. The fourth-order valence-corrected chi connectivity index (χ4v) is 2.86. The van der Waals surface area contributed by atoms with Crippen molar-refractivity contribution in [3.8, 4) is 0 Å². The summed E-state index contributed by atoms with van der Waals surface area (Å²) in [5.41, 5.74) is 0.578. The highest BCUT2D eigenvalue weighted by Crippen LogP contribution is 2.19. The first-order chi connectivity index (χ1) is 9.88. The van der Waals surface area contributed by atoms with Crippen LogP contribution in [0.1, 0.15) is 12.5 Å². The van der Waals surface area contributed by atoms with Gasteiger partial charge in [-0.1, -0.05) is 18.2 Å². The number of rotatable bonds is 5. The molecule has 0 saturated carbocycles. The fraction of sp³-hybridized carbons (Fsp3) is 0.267. The molecule has 0 aliphatic heterocycles. The van der Waals surface area contributed by atoms with Gasteiger partial charge < -0.3 is 5.32 Å². The molecule has 0 bridgehead atoms. The second-order valence-corrected chi connectivity index (χ2v) is 6.95. The summed E-state index contributed by atoms with van der Waals surface area (Å²) in [7, 11) is -3.36. The molecular formula is C15H17FN2O2S. The van der Waals surface area contributed by atoms with Crippen molar-refractivity contribution in [2.24, 2.45) is 0 Å². The maximum atomic E-state index is 13.6. The van der Waals surface area contributed by atoms with Crippen molar-refractivity contribution in [1.29, 1.82) is 0 Å². The van der Waals surface area contributed by atoms with Crippen LogP contribution in [0.5, 0.6) is 0 Å². The van der Waals surface area contributed by atoms with E-state index in [9.17, 15) is 12.8 Å². The largest absolute Gasteiger partial charge is 0.366 e. The average Bonchev–Trinajstić information content (AvgIpc) is 2.41. The van der Waals surface area contributed by atoms with Crippen molar-refractivity contribution < 1.29 is 12.8 Å². The van der Waals surface area contributed by atoms with Gasteiger partial charge in [-0.2, -0.15) is 0 Å². The second kappa shape index (κ2) is 6.22. The molecule has 112 valence electrons. The SMILES string of the molecule is CC(Cc1ccccc1F)Nc1ncccc1S(C)(=O)=O. The topological polar surface area (TPSA) is 59.1 Å². The Morgan fingerprint density at radius 3 is 2.62 bits per heavy atom. The minimum Gasteiger partial charge on any atom is -0.366 e. The van der Waals surface area contributed by atoms with E-state index in [-0.39, 0.29) is 16.8 Å². The van der Waals surface area contributed by atoms with Gasteiger partial charge in [-0.15, -0.1) is 0 Å². The Balaban J connectivity index is 2.18. The molecule has 0 saturated heterocycles. The van der Waals surface area contributed by atoms with Crippen molar-refractivity contribution in [3.05, 3.63) is 54.0 Å². The van der Waals surface area contributed by atoms with Gasteiger partial charge in [-0.3, -0.25) is 0 Å². The van der Waals surface area contributed by atoms with Crippen molar-refractivity contribution in [2.45, 2.75) is 24.3 Å². The van der Waals surface area contributed by atoms with Crippen LogP contribution in [-0.2, 0) is 16.3 Å². The predicted octanol–water partition coefficient (Wildman–Crippen LogP) is 2.67. The molecule has 0 aliphatic rings. The highest BCUT2D eigenvalue weighted by atomic mass is 32.2. The van der Waals surface area contributed by atoms with Crippen LogP contribution in [0.3, 0.4) is 0 Å². The van der Waals surface area contributed by atoms with Gasteiger partial charge in [-0.05, 0) is 37.1 Å². The second-order valence-electron chi connectivity index (χ2n) is 4.96. The third kappa shape index (κ3) is 4.01. The number of anilines is 1. The quantitative estimate of drug-likeness (QED) is 0.922. The van der Waals surface area contributed by atoms with E-state index in [0.29, 0.717) is 17.8 Å². The summed E-state index contributed by atoms with van der Waals surface area (Å²) in [6.45, 7) is 1.85. The van der Waals surface area contributed by atoms with E-state index in [0.717, 1.165) is 6.26 Å². The van der Waals surface area contributed by atoms with Crippen LogP contribution in [0.4, 0.5) is 10.2 Å². The number of hydrogen-bond donors (Lipinski definition) is 1. The molecule has 0 fully saturated rings. The van der Waals surface area contributed by atoms with E-state index in [4.69, 9.17) is 0 Å². The highest BCUT2D eigenvalue weighted by Gasteiger charge is 2.16. The summed E-state index contributed by atoms with van der Waals surface area (Å²) in [6.07, 6.45) is 3.09. The summed E-state index contributed by atoms with van der Waals surface area (Å²) in [5.74, 6) is 0.0272. The van der Waals surface area contributed by atoms with E-state index >= 15 is 0 Å². The summed E-state index contributed by atoms with van der Waals surface area (Å²) in [4.78, 5) is 4.21. The molecule has 0 amide bonds. The Bertz CT molecular complexity index is 732. The van der Waals surface area contributed by atoms with Crippen LogP contribution >= 0.6 is 0 Å². The van der Waals surface area contributed by atoms with Gasteiger partial charge in [0.1, 0.15) is 16.5 Å². The van der Waals surface area contributed by atoms with Crippen molar-refractivity contribution in [1.82, 2.24) is 4.98 Å². The molecule has 2 aromatic rings. The lowest BCUT2D eigenvalue weighted by Crippen LogP contribution is -2.21. The third-order valence-electron chi connectivity index (χ3n) is 3.04. The first-order valence-corrected chi connectivity index (χ1v) is 8.42. The lowest BCUT2D eigenvalue weighted by atomic mass is 10.1. The zero-order chi connectivity index (χ0) is 15.5. The van der Waals surface area contributed by atoms with Crippen molar-refractivity contribution >= 4 is 15.7 Å². The van der Waals surface area contributed by atoms with Crippen LogP contribution in [-0.4, -0.2) is 25.7 Å². The van der Waals surface area contributed by atoms with E-state index < -0.39 is 9.84 Å². The summed E-state index contributed by atoms with van der Waals surface area (Å²) in [5, 5.41) is 3.04. The van der Waals surface area contributed by atoms with Crippen molar-refractivity contribution in [3.63, 3.8) is 0 Å². The van der Waals surface area contributed by atoms with Gasteiger partial charge >= 0.3 is 0 Å². The summed E-state index contributed by atoms with van der Waals surface area (Å²) >= 11 is 0. The lowest BCUT2D eigenvalue weighted by Gasteiger charge is -2.16. The molecule has 1 heterocycles. The molecular weight excluding hydrogens is 291 g/mol. The number of aromatic nitrogens is 1. The smallest absolute Gasteiger partial charge is 0.179 e. The Kier molecular flexibility index (Phi) is 4.57. The molecule has 1 aromatic carbocycles. The molecule has 4 nitrogen and oxygen atoms in total. The lowest BCUT2D eigenvalue weighted by molar-refractivity contribution is 0.597. The van der Waals surface area contributed by atoms with Gasteiger partial charge in [-0.25, -0.2) is 17.8 Å². The van der Waals surface area contributed by atoms with E-state index in [1.165, 1.54) is 18.3 Å². The average molecular weight is 308 g/mol. The van der Waals surface area contributed by atoms with Gasteiger partial charge in [0.2, 0.25) is 0 Å². The van der Waals surface area contributed by atoms with Gasteiger partial charge in [0, 0.05) is 18.5 Å².